The van der Waals surface area contributed by atoms with Gasteiger partial charge in [0.15, 0.2) is 0 Å². The molecule has 1 aliphatic heterocycles. The zero-order valence-electron chi connectivity index (χ0n) is 13.9. The number of carbonyl (C=O) groups is 1. The number of carbonyl (C=O) groups excluding carboxylic acids is 1. The number of hydrogen-bond donors (Lipinski definition) is 2. The minimum Gasteiger partial charge on any atom is -0.492 e. The molecule has 2 amide bonds. The second-order valence-electron chi connectivity index (χ2n) is 6.07. The Morgan fingerprint density at radius 3 is 2.65 bits per heavy atom. The summed E-state index contributed by atoms with van der Waals surface area (Å²) in [5.41, 5.74) is 1.19. The summed E-state index contributed by atoms with van der Waals surface area (Å²) >= 11 is 0. The summed E-state index contributed by atoms with van der Waals surface area (Å²) in [6.45, 7) is 9.93. The molecule has 0 spiro atoms. The fourth-order valence-corrected chi connectivity index (χ4v) is 2.70. The summed E-state index contributed by atoms with van der Waals surface area (Å²) < 4.78 is 5.54. The first kappa shape index (κ1) is 17.3. The lowest BCUT2D eigenvalue weighted by Gasteiger charge is -2.32. The summed E-state index contributed by atoms with van der Waals surface area (Å²) in [4.78, 5) is 14.3. The number of amides is 2. The zero-order chi connectivity index (χ0) is 16.5. The Morgan fingerprint density at radius 1 is 1.30 bits per heavy atom. The smallest absolute Gasteiger partial charge is 0.315 e. The van der Waals surface area contributed by atoms with Crippen LogP contribution in [0.4, 0.5) is 4.79 Å². The Kier molecular flexibility index (Phi) is 6.94. The monoisotopic (exact) mass is 317 g/mol. The molecule has 0 aliphatic carbocycles. The first-order valence-electron chi connectivity index (χ1n) is 8.22. The molecule has 1 aliphatic rings. The fourth-order valence-electron chi connectivity index (χ4n) is 2.70. The third kappa shape index (κ3) is 6.74. The normalized spacial score (nSPS) is 15.9. The summed E-state index contributed by atoms with van der Waals surface area (Å²) in [5.74, 6) is 0.819. The molecule has 0 unspecified atom stereocenters. The predicted octanol–water partition coefficient (Wildman–Crippen LogP) is 2.41. The van der Waals surface area contributed by atoms with Crippen LogP contribution in [0.15, 0.2) is 42.5 Å². The molecule has 2 N–H and O–H groups in total. The van der Waals surface area contributed by atoms with Gasteiger partial charge in [-0.15, -0.1) is 0 Å². The van der Waals surface area contributed by atoms with Crippen LogP contribution < -0.4 is 15.4 Å². The standard InChI is InChI=1S/C18H27N3O2/c1-15(2)14-21-11-8-16(9-12-21)20-18(22)19-10-13-23-17-6-4-3-5-7-17/h3-7,16H,1,8-14H2,2H3,(H2,19,20,22). The van der Waals surface area contributed by atoms with Crippen molar-refractivity contribution in [1.82, 2.24) is 15.5 Å². The van der Waals surface area contributed by atoms with E-state index < -0.39 is 0 Å². The maximum Gasteiger partial charge on any atom is 0.315 e. The van der Waals surface area contributed by atoms with Gasteiger partial charge in [-0.2, -0.15) is 0 Å². The van der Waals surface area contributed by atoms with Crippen LogP contribution in [-0.2, 0) is 0 Å². The topological polar surface area (TPSA) is 53.6 Å². The molecule has 23 heavy (non-hydrogen) atoms. The van der Waals surface area contributed by atoms with Crippen molar-refractivity contribution in [3.05, 3.63) is 42.5 Å². The highest BCUT2D eigenvalue weighted by Gasteiger charge is 2.20. The van der Waals surface area contributed by atoms with Gasteiger partial charge in [-0.25, -0.2) is 4.79 Å². The second-order valence-corrected chi connectivity index (χ2v) is 6.07. The van der Waals surface area contributed by atoms with Gasteiger partial charge in [-0.3, -0.25) is 4.90 Å². The first-order chi connectivity index (χ1) is 11.1. The number of rotatable bonds is 7. The molecule has 1 heterocycles. The van der Waals surface area contributed by atoms with E-state index in [1.165, 1.54) is 5.57 Å². The van der Waals surface area contributed by atoms with Crippen LogP contribution in [0.1, 0.15) is 19.8 Å². The molecule has 0 saturated carbocycles. The predicted molar refractivity (Wildman–Crippen MR) is 92.7 cm³/mol. The van der Waals surface area contributed by atoms with E-state index in [4.69, 9.17) is 4.74 Å². The van der Waals surface area contributed by atoms with Crippen molar-refractivity contribution >= 4 is 6.03 Å². The van der Waals surface area contributed by atoms with Crippen LogP contribution >= 0.6 is 0 Å². The fraction of sp³-hybridized carbons (Fsp3) is 0.500. The van der Waals surface area contributed by atoms with Crippen molar-refractivity contribution in [2.45, 2.75) is 25.8 Å². The van der Waals surface area contributed by atoms with Crippen molar-refractivity contribution in [3.8, 4) is 5.75 Å². The summed E-state index contributed by atoms with van der Waals surface area (Å²) in [6.07, 6.45) is 1.97. The number of likely N-dealkylation sites (tertiary alicyclic amines) is 1. The Labute approximate surface area is 138 Å². The van der Waals surface area contributed by atoms with Crippen LogP contribution in [0.25, 0.3) is 0 Å². The maximum atomic E-state index is 11.9. The SMILES string of the molecule is C=C(C)CN1CCC(NC(=O)NCCOc2ccccc2)CC1. The first-order valence-corrected chi connectivity index (χ1v) is 8.22. The van der Waals surface area contributed by atoms with Crippen molar-refractivity contribution in [2.75, 3.05) is 32.8 Å². The number of nitrogens with zero attached hydrogens (tertiary/aromatic N) is 1. The quantitative estimate of drug-likeness (QED) is 0.600. The van der Waals surface area contributed by atoms with E-state index in [1.807, 2.05) is 30.3 Å². The molecule has 5 heteroatoms. The third-order valence-corrected chi connectivity index (χ3v) is 3.82. The number of urea groups is 1. The second kappa shape index (κ2) is 9.20. The average molecular weight is 317 g/mol. The van der Waals surface area contributed by atoms with E-state index in [9.17, 15) is 4.79 Å². The summed E-state index contributed by atoms with van der Waals surface area (Å²) in [6, 6.07) is 9.75. The molecule has 126 valence electrons. The van der Waals surface area contributed by atoms with Crippen molar-refractivity contribution in [1.29, 1.82) is 0 Å². The summed E-state index contributed by atoms with van der Waals surface area (Å²) in [7, 11) is 0. The highest BCUT2D eigenvalue weighted by atomic mass is 16.5. The molecular weight excluding hydrogens is 290 g/mol. The molecule has 1 aromatic carbocycles. The van der Waals surface area contributed by atoms with Gasteiger partial charge in [0.25, 0.3) is 0 Å². The molecule has 0 radical (unpaired) electrons. The highest BCUT2D eigenvalue weighted by molar-refractivity contribution is 5.74. The third-order valence-electron chi connectivity index (χ3n) is 3.82. The Hall–Kier alpha value is -2.01. The van der Waals surface area contributed by atoms with Gasteiger partial charge in [-0.05, 0) is 31.9 Å². The molecule has 2 rings (SSSR count). The number of ether oxygens (including phenoxy) is 1. The Morgan fingerprint density at radius 2 is 2.00 bits per heavy atom. The molecule has 1 aromatic rings. The lowest BCUT2D eigenvalue weighted by molar-refractivity contribution is 0.200. The number of para-hydroxylation sites is 1. The van der Waals surface area contributed by atoms with E-state index in [0.29, 0.717) is 13.2 Å². The van der Waals surface area contributed by atoms with Crippen LogP contribution in [0.3, 0.4) is 0 Å². The maximum absolute atomic E-state index is 11.9. The number of hydrogen-bond acceptors (Lipinski definition) is 3. The average Bonchev–Trinajstić information content (AvgIpc) is 2.54. The van der Waals surface area contributed by atoms with Crippen LogP contribution in [0.2, 0.25) is 0 Å². The number of benzene rings is 1. The van der Waals surface area contributed by atoms with Gasteiger partial charge in [0.2, 0.25) is 0 Å². The molecule has 0 bridgehead atoms. The Bertz CT molecular complexity index is 496. The van der Waals surface area contributed by atoms with Gasteiger partial charge in [0.1, 0.15) is 12.4 Å². The Balaban J connectivity index is 1.56. The highest BCUT2D eigenvalue weighted by Crippen LogP contribution is 2.11. The lowest BCUT2D eigenvalue weighted by Crippen LogP contribution is -2.48. The van der Waals surface area contributed by atoms with E-state index >= 15 is 0 Å². The van der Waals surface area contributed by atoms with Gasteiger partial charge >= 0.3 is 6.03 Å². The molecule has 0 atom stereocenters. The largest absolute Gasteiger partial charge is 0.492 e. The molecular formula is C18H27N3O2. The molecule has 0 aromatic heterocycles. The van der Waals surface area contributed by atoms with E-state index in [-0.39, 0.29) is 12.1 Å². The van der Waals surface area contributed by atoms with Gasteiger partial charge in [0.05, 0.1) is 6.54 Å². The molecule has 1 fully saturated rings. The minimum atomic E-state index is -0.111. The van der Waals surface area contributed by atoms with Gasteiger partial charge in [0, 0.05) is 25.7 Å². The van der Waals surface area contributed by atoms with Crippen molar-refractivity contribution < 1.29 is 9.53 Å². The van der Waals surface area contributed by atoms with E-state index in [1.54, 1.807) is 0 Å². The van der Waals surface area contributed by atoms with Crippen molar-refractivity contribution in [2.24, 2.45) is 0 Å². The van der Waals surface area contributed by atoms with Crippen LogP contribution in [-0.4, -0.2) is 49.8 Å². The summed E-state index contributed by atoms with van der Waals surface area (Å²) in [5, 5.41) is 5.88. The molecule has 1 saturated heterocycles. The van der Waals surface area contributed by atoms with Gasteiger partial charge in [-0.1, -0.05) is 30.4 Å². The zero-order valence-corrected chi connectivity index (χ0v) is 13.9. The lowest BCUT2D eigenvalue weighted by atomic mass is 10.0. The van der Waals surface area contributed by atoms with E-state index in [2.05, 4.69) is 29.0 Å². The number of piperidine rings is 1. The van der Waals surface area contributed by atoms with Crippen LogP contribution in [0, 0.1) is 0 Å². The minimum absolute atomic E-state index is 0.111. The van der Waals surface area contributed by atoms with Gasteiger partial charge < -0.3 is 15.4 Å². The van der Waals surface area contributed by atoms with Crippen LogP contribution in [0.5, 0.6) is 5.75 Å². The van der Waals surface area contributed by atoms with E-state index in [0.717, 1.165) is 38.2 Å². The van der Waals surface area contributed by atoms with Crippen molar-refractivity contribution in [3.63, 3.8) is 0 Å². The molecule has 5 nitrogen and oxygen atoms in total. The number of nitrogens with one attached hydrogen (secondary N) is 2.